The van der Waals surface area contributed by atoms with Gasteiger partial charge in [-0.15, -0.1) is 0 Å². The van der Waals surface area contributed by atoms with Gasteiger partial charge in [-0.05, 0) is 83.4 Å². The highest BCUT2D eigenvalue weighted by Gasteiger charge is 2.46. The molecule has 2 unspecified atom stereocenters. The van der Waals surface area contributed by atoms with E-state index in [1.807, 2.05) is 48.5 Å². The van der Waals surface area contributed by atoms with E-state index in [1.54, 1.807) is 48.5 Å². The van der Waals surface area contributed by atoms with Crippen LogP contribution in [0.1, 0.15) is 27.8 Å². The van der Waals surface area contributed by atoms with E-state index in [2.05, 4.69) is 35.2 Å². The first kappa shape index (κ1) is 28.4. The highest BCUT2D eigenvalue weighted by molar-refractivity contribution is 8.27. The Hall–Kier alpha value is -5.35. The van der Waals surface area contributed by atoms with Gasteiger partial charge < -0.3 is 4.90 Å². The molecule has 0 saturated heterocycles. The number of benzene rings is 5. The molecule has 6 nitrogen and oxygen atoms in total. The number of nitrogens with zero attached hydrogens (tertiary/aromatic N) is 6. The van der Waals surface area contributed by atoms with Gasteiger partial charge in [0.05, 0.1) is 75.2 Å². The molecule has 7 rings (SSSR count). The molecule has 2 heterocycles. The molecule has 2 aliphatic rings. The van der Waals surface area contributed by atoms with Crippen LogP contribution in [0.5, 0.6) is 0 Å². The normalized spacial score (nSPS) is 18.4. The minimum Gasteiger partial charge on any atom is -0.308 e. The molecule has 10 heteroatoms. The fraction of sp³-hybridized carbons (Fsp3) is 0. The summed E-state index contributed by atoms with van der Waals surface area (Å²) in [6.45, 7) is 0. The topological polar surface area (TPSA) is 122 Å². The third kappa shape index (κ3) is 3.95. The van der Waals surface area contributed by atoms with Crippen molar-refractivity contribution in [2.75, 3.05) is 4.90 Å². The largest absolute Gasteiger partial charge is 0.308 e. The number of nitriles is 5. The Kier molecular flexibility index (Phi) is 6.56. The molecule has 0 amide bonds. The summed E-state index contributed by atoms with van der Waals surface area (Å²) in [5.74, 6) is 0. The molecule has 5 aromatic carbocycles. The van der Waals surface area contributed by atoms with E-state index in [9.17, 15) is 26.3 Å². The van der Waals surface area contributed by atoms with Crippen molar-refractivity contribution in [3.8, 4) is 30.3 Å². The fourth-order valence-corrected chi connectivity index (χ4v) is 14.8. The van der Waals surface area contributed by atoms with Crippen LogP contribution in [0.15, 0.2) is 97.1 Å². The van der Waals surface area contributed by atoms with E-state index in [4.69, 9.17) is 23.6 Å². The van der Waals surface area contributed by atoms with E-state index in [0.29, 0.717) is 27.8 Å². The lowest BCUT2D eigenvalue weighted by Crippen LogP contribution is -2.46. The second-order valence-corrected chi connectivity index (χ2v) is 19.2. The first-order chi connectivity index (χ1) is 21.8. The quantitative estimate of drug-likeness (QED) is 0.249. The molecule has 2 atom stereocenters. The van der Waals surface area contributed by atoms with Gasteiger partial charge in [0.25, 0.3) is 0 Å². The lowest BCUT2D eigenvalue weighted by Gasteiger charge is -2.47. The molecule has 45 heavy (non-hydrogen) atoms. The number of rotatable bonds is 2. The molecular formula is C35H16N6P2S2. The summed E-state index contributed by atoms with van der Waals surface area (Å²) >= 11 is 13.5. The van der Waals surface area contributed by atoms with E-state index in [-0.39, 0.29) is 0 Å². The zero-order valence-electron chi connectivity index (χ0n) is 23.1. The molecule has 0 N–H and O–H groups in total. The second-order valence-electron chi connectivity index (χ2n) is 10.5. The number of hydrogen-bond acceptors (Lipinski definition) is 8. The maximum atomic E-state index is 10.4. The van der Waals surface area contributed by atoms with E-state index in [0.717, 1.165) is 48.9 Å². The van der Waals surface area contributed by atoms with Crippen LogP contribution in [-0.4, -0.2) is 0 Å². The first-order valence-corrected chi connectivity index (χ1v) is 19.1. The van der Waals surface area contributed by atoms with Crippen LogP contribution in [0.4, 0.5) is 17.1 Å². The third-order valence-corrected chi connectivity index (χ3v) is 17.9. The summed E-state index contributed by atoms with van der Waals surface area (Å²) in [6, 6.07) is 34.3. The van der Waals surface area contributed by atoms with Crippen molar-refractivity contribution in [3.05, 3.63) is 125 Å². The molecule has 0 spiro atoms. The summed E-state index contributed by atoms with van der Waals surface area (Å²) in [6.07, 6.45) is 0. The summed E-state index contributed by atoms with van der Waals surface area (Å²) in [5.41, 5.74) is 4.49. The van der Waals surface area contributed by atoms with Crippen LogP contribution >= 0.6 is 12.1 Å². The van der Waals surface area contributed by atoms with Gasteiger partial charge in [0.2, 0.25) is 0 Å². The molecule has 2 aliphatic heterocycles. The fourth-order valence-electron chi connectivity index (χ4n) is 6.18. The molecule has 0 saturated carbocycles. The van der Waals surface area contributed by atoms with E-state index >= 15 is 0 Å². The maximum Gasteiger partial charge on any atom is 0.0992 e. The Morgan fingerprint density at radius 2 is 0.822 bits per heavy atom. The van der Waals surface area contributed by atoms with Crippen LogP contribution in [0.3, 0.4) is 0 Å². The third-order valence-electron chi connectivity index (χ3n) is 8.15. The Bertz CT molecular complexity index is 2320. The number of hydrogen-bond donors (Lipinski definition) is 0. The molecule has 0 radical (unpaired) electrons. The maximum absolute atomic E-state index is 10.4. The van der Waals surface area contributed by atoms with E-state index in [1.165, 1.54) is 0 Å². The van der Waals surface area contributed by atoms with Crippen molar-refractivity contribution in [1.82, 2.24) is 0 Å². The highest BCUT2D eigenvalue weighted by Crippen LogP contribution is 2.61. The van der Waals surface area contributed by atoms with Crippen molar-refractivity contribution in [3.63, 3.8) is 0 Å². The van der Waals surface area contributed by atoms with Crippen molar-refractivity contribution in [2.45, 2.75) is 0 Å². The van der Waals surface area contributed by atoms with Crippen molar-refractivity contribution in [1.29, 1.82) is 26.3 Å². The monoisotopic (exact) mass is 646 g/mol. The second kappa shape index (κ2) is 10.4. The van der Waals surface area contributed by atoms with Crippen LogP contribution in [0.25, 0.3) is 0 Å². The van der Waals surface area contributed by atoms with Crippen molar-refractivity contribution < 1.29 is 0 Å². The molecule has 0 bridgehead atoms. The Morgan fingerprint density at radius 3 is 1.22 bits per heavy atom. The van der Waals surface area contributed by atoms with Gasteiger partial charge in [-0.25, -0.2) is 0 Å². The average molecular weight is 647 g/mol. The minimum atomic E-state index is -3.00. The minimum absolute atomic E-state index is 0.375. The van der Waals surface area contributed by atoms with Crippen molar-refractivity contribution >= 4 is 84.6 Å². The number of fused-ring (bicyclic) bond motifs is 4. The average Bonchev–Trinajstić information content (AvgIpc) is 3.10. The zero-order valence-corrected chi connectivity index (χ0v) is 26.6. The van der Waals surface area contributed by atoms with Crippen LogP contribution < -0.4 is 36.7 Å². The van der Waals surface area contributed by atoms with Crippen molar-refractivity contribution in [2.24, 2.45) is 0 Å². The van der Waals surface area contributed by atoms with E-state index < -0.39 is 12.1 Å². The van der Waals surface area contributed by atoms with Gasteiger partial charge in [0, 0.05) is 33.3 Å². The van der Waals surface area contributed by atoms with Gasteiger partial charge in [0.1, 0.15) is 0 Å². The predicted octanol–water partition coefficient (Wildman–Crippen LogP) is 4.65. The first-order valence-electron chi connectivity index (χ1n) is 13.5. The lowest BCUT2D eigenvalue weighted by atomic mass is 10.1. The van der Waals surface area contributed by atoms with Gasteiger partial charge in [-0.2, -0.15) is 26.3 Å². The van der Waals surface area contributed by atoms with Gasteiger partial charge in [0.15, 0.2) is 0 Å². The lowest BCUT2D eigenvalue weighted by molar-refractivity contribution is 1.30. The standard InChI is InChI=1S/C35H16N6P2S2/c36-17-22-3-1-5-27(11-22)42(44)31-13-24(19-38)7-9-29(31)41-30-10-8-25(20-39)14-32(30)43(45,28-6-2-4-23(12-28)18-37)34-16-26(21-40)15-33(42)35(34)41/h1-16H. The van der Waals surface area contributed by atoms with Gasteiger partial charge in [-0.1, -0.05) is 47.9 Å². The number of anilines is 3. The highest BCUT2D eigenvalue weighted by atomic mass is 32.4. The SMILES string of the molecule is N#Cc1cccc(P2(=S)c3cc(C#N)ccc3N3c4ccc(C#N)cc4P(=S)(c4cccc(C#N)c4)c4cc(C#N)cc2c43)c1. The summed E-state index contributed by atoms with van der Waals surface area (Å²) in [7, 11) is 0. The molecule has 0 aromatic heterocycles. The Morgan fingerprint density at radius 1 is 0.444 bits per heavy atom. The Labute approximate surface area is 269 Å². The molecular weight excluding hydrogens is 631 g/mol. The summed E-state index contributed by atoms with van der Waals surface area (Å²) in [4.78, 5) is 2.09. The molecule has 0 aliphatic carbocycles. The molecule has 5 aromatic rings. The van der Waals surface area contributed by atoms with Gasteiger partial charge >= 0.3 is 0 Å². The summed E-state index contributed by atoms with van der Waals surface area (Å²) in [5, 5.41) is 54.4. The van der Waals surface area contributed by atoms with Crippen LogP contribution in [0, 0.1) is 56.7 Å². The van der Waals surface area contributed by atoms with Crippen LogP contribution in [-0.2, 0) is 23.6 Å². The van der Waals surface area contributed by atoms with Crippen LogP contribution in [0.2, 0.25) is 0 Å². The predicted molar refractivity (Wildman–Crippen MR) is 184 cm³/mol. The smallest absolute Gasteiger partial charge is 0.0992 e. The Balaban J connectivity index is 1.71. The zero-order chi connectivity index (χ0) is 31.5. The summed E-state index contributed by atoms with van der Waals surface area (Å²) < 4.78 is 0. The van der Waals surface area contributed by atoms with Gasteiger partial charge in [-0.3, -0.25) is 0 Å². The molecule has 0 fully saturated rings. The molecule has 208 valence electrons.